The first-order valence-electron chi connectivity index (χ1n) is 13.1. The van der Waals surface area contributed by atoms with Crippen molar-refractivity contribution < 1.29 is 9.53 Å². The molecule has 3 aromatic heterocycles. The van der Waals surface area contributed by atoms with Crippen LogP contribution in [0.15, 0.2) is 54.9 Å². The third-order valence-corrected chi connectivity index (χ3v) is 8.26. The summed E-state index contributed by atoms with van der Waals surface area (Å²) in [6.45, 7) is 5.80. The van der Waals surface area contributed by atoms with Crippen molar-refractivity contribution in [2.24, 2.45) is 0 Å². The number of piperazine rings is 1. The maximum atomic E-state index is 14.1. The molecule has 0 radical (unpaired) electrons. The second kappa shape index (κ2) is 9.67. The van der Waals surface area contributed by atoms with Crippen molar-refractivity contribution in [3.63, 3.8) is 0 Å². The molecule has 1 N–H and O–H groups in total. The second-order valence-electron chi connectivity index (χ2n) is 10.6. The SMILES string of the molecule is COc1ccc(Cl)c(C(=O)N2C3CCC2(Cc2c(-c4ccc(C(C)C)cc4)nc4ncccn24)CNC3)n1. The van der Waals surface area contributed by atoms with E-state index >= 15 is 0 Å². The number of nitrogens with one attached hydrogen (secondary N) is 1. The number of aromatic nitrogens is 4. The normalized spacial score (nSPS) is 20.9. The average molecular weight is 531 g/mol. The Kier molecular flexibility index (Phi) is 6.32. The van der Waals surface area contributed by atoms with E-state index in [1.165, 1.54) is 12.7 Å². The zero-order valence-electron chi connectivity index (χ0n) is 21.8. The Hall–Kier alpha value is -3.49. The van der Waals surface area contributed by atoms with Gasteiger partial charge in [0.05, 0.1) is 29.1 Å². The number of ether oxygens (including phenoxy) is 1. The molecule has 2 saturated heterocycles. The number of carbonyl (C=O) groups is 1. The minimum Gasteiger partial charge on any atom is -0.481 e. The third kappa shape index (κ3) is 4.12. The molecule has 8 nitrogen and oxygen atoms in total. The number of rotatable bonds is 6. The molecule has 2 unspecified atom stereocenters. The van der Waals surface area contributed by atoms with Crippen LogP contribution in [0.2, 0.25) is 5.02 Å². The summed E-state index contributed by atoms with van der Waals surface area (Å²) in [6, 6.07) is 13.9. The van der Waals surface area contributed by atoms with Crippen molar-refractivity contribution in [2.45, 2.75) is 50.6 Å². The van der Waals surface area contributed by atoms with Crippen LogP contribution in [-0.2, 0) is 6.42 Å². The Balaban J connectivity index is 1.44. The summed E-state index contributed by atoms with van der Waals surface area (Å²) in [6.07, 6.45) is 6.17. The highest BCUT2D eigenvalue weighted by atomic mass is 35.5. The smallest absolute Gasteiger partial charge is 0.274 e. The predicted molar refractivity (Wildman–Crippen MR) is 147 cm³/mol. The molecule has 38 heavy (non-hydrogen) atoms. The lowest BCUT2D eigenvalue weighted by molar-refractivity contribution is 0.0384. The zero-order chi connectivity index (χ0) is 26.4. The molecule has 6 rings (SSSR count). The fourth-order valence-electron chi connectivity index (χ4n) is 6.00. The molecular weight excluding hydrogens is 500 g/mol. The topological polar surface area (TPSA) is 84.7 Å². The summed E-state index contributed by atoms with van der Waals surface area (Å²) in [7, 11) is 1.54. The fraction of sp³-hybridized carbons (Fsp3) is 0.379. The Morgan fingerprint density at radius 3 is 2.79 bits per heavy atom. The second-order valence-corrected chi connectivity index (χ2v) is 11.0. The molecule has 9 heteroatoms. The lowest BCUT2D eigenvalue weighted by Crippen LogP contribution is -2.63. The third-order valence-electron chi connectivity index (χ3n) is 7.95. The van der Waals surface area contributed by atoms with Crippen LogP contribution in [0.25, 0.3) is 17.0 Å². The van der Waals surface area contributed by atoms with Crippen LogP contribution >= 0.6 is 11.6 Å². The van der Waals surface area contributed by atoms with Crippen molar-refractivity contribution in [2.75, 3.05) is 20.2 Å². The molecule has 4 aromatic rings. The molecular formula is C29H31ClN6O2. The van der Waals surface area contributed by atoms with Crippen LogP contribution in [0.1, 0.15) is 54.4 Å². The molecule has 1 aromatic carbocycles. The van der Waals surface area contributed by atoms with Crippen molar-refractivity contribution in [1.29, 1.82) is 0 Å². The van der Waals surface area contributed by atoms with Gasteiger partial charge in [-0.2, -0.15) is 0 Å². The summed E-state index contributed by atoms with van der Waals surface area (Å²) in [5, 5.41) is 3.91. The van der Waals surface area contributed by atoms with Crippen molar-refractivity contribution in [3.8, 4) is 17.1 Å². The number of nitrogens with zero attached hydrogens (tertiary/aromatic N) is 5. The summed E-state index contributed by atoms with van der Waals surface area (Å²) < 4.78 is 7.35. The molecule has 0 spiro atoms. The zero-order valence-corrected chi connectivity index (χ0v) is 22.6. The van der Waals surface area contributed by atoms with Gasteiger partial charge in [-0.05, 0) is 36.5 Å². The predicted octanol–water partition coefficient (Wildman–Crippen LogP) is 4.77. The minimum absolute atomic E-state index is 0.0615. The number of halogens is 1. The number of hydrogen-bond acceptors (Lipinski definition) is 6. The number of hydrogen-bond donors (Lipinski definition) is 1. The standard InChI is InChI=1S/C29H31ClN6O2/c1-18(2)19-5-7-20(8-6-19)25-23(35-14-4-13-32-28(35)34-25)15-29-12-11-21(16-31-17-29)36(29)27(37)26-22(30)9-10-24(33-26)38-3/h4-10,13-14,18,21,31H,11-12,15-17H2,1-3H3. The first-order valence-corrected chi connectivity index (χ1v) is 13.5. The van der Waals surface area contributed by atoms with E-state index in [9.17, 15) is 4.79 Å². The highest BCUT2D eigenvalue weighted by molar-refractivity contribution is 6.33. The summed E-state index contributed by atoms with van der Waals surface area (Å²) >= 11 is 6.49. The molecule has 2 fully saturated rings. The van der Waals surface area contributed by atoms with Gasteiger partial charge < -0.3 is 15.0 Å². The Bertz CT molecular complexity index is 1500. The summed E-state index contributed by atoms with van der Waals surface area (Å²) in [4.78, 5) is 30.0. The van der Waals surface area contributed by atoms with E-state index in [1.807, 2.05) is 17.2 Å². The lowest BCUT2D eigenvalue weighted by Gasteiger charge is -2.45. The average Bonchev–Trinajstić information content (AvgIpc) is 3.39. The monoisotopic (exact) mass is 530 g/mol. The van der Waals surface area contributed by atoms with Crippen LogP contribution in [0.5, 0.6) is 5.88 Å². The first-order chi connectivity index (χ1) is 18.4. The van der Waals surface area contributed by atoms with Gasteiger partial charge in [0.25, 0.3) is 5.91 Å². The molecule has 2 aliphatic rings. The van der Waals surface area contributed by atoms with Gasteiger partial charge in [0.1, 0.15) is 0 Å². The summed E-state index contributed by atoms with van der Waals surface area (Å²) in [5.41, 5.74) is 4.04. The van der Waals surface area contributed by atoms with Crippen LogP contribution < -0.4 is 10.1 Å². The number of pyridine rings is 1. The van der Waals surface area contributed by atoms with Gasteiger partial charge in [0, 0.05) is 49.6 Å². The van der Waals surface area contributed by atoms with Gasteiger partial charge in [0.2, 0.25) is 11.7 Å². The Morgan fingerprint density at radius 1 is 1.21 bits per heavy atom. The van der Waals surface area contributed by atoms with E-state index in [4.69, 9.17) is 21.3 Å². The maximum absolute atomic E-state index is 14.1. The number of amides is 1. The van der Waals surface area contributed by atoms with Crippen LogP contribution in [0.4, 0.5) is 0 Å². The Morgan fingerprint density at radius 2 is 2.03 bits per heavy atom. The quantitative estimate of drug-likeness (QED) is 0.387. The van der Waals surface area contributed by atoms with Gasteiger partial charge in [-0.3, -0.25) is 9.20 Å². The number of fused-ring (bicyclic) bond motifs is 3. The van der Waals surface area contributed by atoms with E-state index in [-0.39, 0.29) is 17.6 Å². The molecule has 2 atom stereocenters. The van der Waals surface area contributed by atoms with Gasteiger partial charge in [-0.25, -0.2) is 15.0 Å². The Labute approximate surface area is 227 Å². The van der Waals surface area contributed by atoms with E-state index in [1.54, 1.807) is 18.3 Å². The number of carbonyl (C=O) groups excluding carboxylic acids is 1. The molecule has 2 aliphatic heterocycles. The molecule has 0 saturated carbocycles. The van der Waals surface area contributed by atoms with Crippen LogP contribution in [-0.4, -0.2) is 61.9 Å². The first kappa shape index (κ1) is 24.8. The van der Waals surface area contributed by atoms with E-state index < -0.39 is 5.54 Å². The largest absolute Gasteiger partial charge is 0.481 e. The lowest BCUT2D eigenvalue weighted by atomic mass is 9.87. The number of benzene rings is 1. The van der Waals surface area contributed by atoms with Crippen LogP contribution in [0, 0.1) is 0 Å². The fourth-order valence-corrected chi connectivity index (χ4v) is 6.19. The van der Waals surface area contributed by atoms with Gasteiger partial charge in [0.15, 0.2) is 5.69 Å². The van der Waals surface area contributed by atoms with E-state index in [0.717, 1.165) is 36.3 Å². The maximum Gasteiger partial charge on any atom is 0.274 e. The van der Waals surface area contributed by atoms with Crippen molar-refractivity contribution >= 4 is 23.3 Å². The van der Waals surface area contributed by atoms with Gasteiger partial charge in [-0.1, -0.05) is 49.7 Å². The van der Waals surface area contributed by atoms with Gasteiger partial charge >= 0.3 is 0 Å². The molecule has 2 bridgehead atoms. The van der Waals surface area contributed by atoms with Crippen LogP contribution in [0.3, 0.4) is 0 Å². The molecule has 5 heterocycles. The van der Waals surface area contributed by atoms with Crippen molar-refractivity contribution in [1.82, 2.24) is 29.6 Å². The minimum atomic E-state index is -0.452. The molecule has 1 amide bonds. The molecule has 196 valence electrons. The highest BCUT2D eigenvalue weighted by Crippen LogP contribution is 2.42. The van der Waals surface area contributed by atoms with Gasteiger partial charge in [-0.15, -0.1) is 0 Å². The molecule has 0 aliphatic carbocycles. The summed E-state index contributed by atoms with van der Waals surface area (Å²) in [5.74, 6) is 1.31. The van der Waals surface area contributed by atoms with E-state index in [2.05, 4.69) is 57.8 Å². The number of imidazole rings is 1. The van der Waals surface area contributed by atoms with Crippen molar-refractivity contribution in [3.05, 3.63) is 76.8 Å². The highest BCUT2D eigenvalue weighted by Gasteiger charge is 2.52. The van der Waals surface area contributed by atoms with E-state index in [0.29, 0.717) is 35.6 Å². The number of methoxy groups -OCH3 is 1.